The number of nitro groups is 1. The number of carboxylic acid groups (broad SMARTS) is 1. The Balaban J connectivity index is 2.41. The van der Waals surface area contributed by atoms with Crippen LogP contribution in [0.5, 0.6) is 0 Å². The number of hydrogen-bond acceptors (Lipinski definition) is 5. The Kier molecular flexibility index (Phi) is 4.53. The number of nitrogens with one attached hydrogen (secondary N) is 1. The van der Waals surface area contributed by atoms with Crippen molar-refractivity contribution >= 4 is 55.0 Å². The third-order valence-electron chi connectivity index (χ3n) is 2.49. The number of rotatable bonds is 4. The minimum atomic E-state index is -1.11. The van der Waals surface area contributed by atoms with E-state index >= 15 is 0 Å². The number of aromatic nitrogens is 1. The van der Waals surface area contributed by atoms with Gasteiger partial charge in [-0.25, -0.2) is 9.78 Å². The van der Waals surface area contributed by atoms with Crippen molar-refractivity contribution in [3.63, 3.8) is 0 Å². The Morgan fingerprint density at radius 1 is 1.33 bits per heavy atom. The van der Waals surface area contributed by atoms with Crippen molar-refractivity contribution in [2.24, 2.45) is 0 Å². The lowest BCUT2D eigenvalue weighted by Gasteiger charge is -2.08. The molecule has 0 saturated carbocycles. The first-order valence-corrected chi connectivity index (χ1v) is 7.07. The van der Waals surface area contributed by atoms with Crippen molar-refractivity contribution < 1.29 is 14.8 Å². The number of aromatic carboxylic acids is 1. The van der Waals surface area contributed by atoms with Crippen LogP contribution in [-0.2, 0) is 0 Å². The van der Waals surface area contributed by atoms with Crippen molar-refractivity contribution in [1.82, 2.24) is 4.98 Å². The number of benzene rings is 1. The number of pyridine rings is 1. The molecule has 7 nitrogen and oxygen atoms in total. The zero-order valence-corrected chi connectivity index (χ0v) is 13.4. The van der Waals surface area contributed by atoms with E-state index in [4.69, 9.17) is 5.11 Å². The first kappa shape index (κ1) is 15.4. The standard InChI is InChI=1S/C12H7Br2N3O4/c13-6-3-10(17(20)21)11(15-5-6)16-7-1-2-9(14)8(4-7)12(18)19/h1-5H,(H,15,16)(H,18,19). The highest BCUT2D eigenvalue weighted by Gasteiger charge is 2.17. The minimum Gasteiger partial charge on any atom is -0.478 e. The molecule has 9 heteroatoms. The largest absolute Gasteiger partial charge is 0.478 e. The molecule has 0 amide bonds. The lowest BCUT2D eigenvalue weighted by Crippen LogP contribution is -2.02. The molecule has 0 radical (unpaired) electrons. The fraction of sp³-hybridized carbons (Fsp3) is 0. The van der Waals surface area contributed by atoms with E-state index in [9.17, 15) is 14.9 Å². The molecule has 0 aliphatic carbocycles. The van der Waals surface area contributed by atoms with E-state index in [-0.39, 0.29) is 17.1 Å². The number of carboxylic acids is 1. The van der Waals surface area contributed by atoms with Crippen molar-refractivity contribution in [3.8, 4) is 0 Å². The van der Waals surface area contributed by atoms with Crippen LogP contribution in [0, 0.1) is 10.1 Å². The molecule has 2 N–H and O–H groups in total. The van der Waals surface area contributed by atoms with Crippen molar-refractivity contribution in [2.75, 3.05) is 5.32 Å². The van der Waals surface area contributed by atoms with Gasteiger partial charge in [0.05, 0.1) is 10.5 Å². The summed E-state index contributed by atoms with van der Waals surface area (Å²) in [6, 6.07) is 5.80. The highest BCUT2D eigenvalue weighted by molar-refractivity contribution is 9.10. The van der Waals surface area contributed by atoms with E-state index in [2.05, 4.69) is 42.2 Å². The highest BCUT2D eigenvalue weighted by Crippen LogP contribution is 2.29. The quantitative estimate of drug-likeness (QED) is 0.577. The average Bonchev–Trinajstić information content (AvgIpc) is 2.42. The summed E-state index contributed by atoms with van der Waals surface area (Å²) < 4.78 is 0.889. The lowest BCUT2D eigenvalue weighted by molar-refractivity contribution is -0.384. The van der Waals surface area contributed by atoms with Crippen LogP contribution in [0.25, 0.3) is 0 Å². The lowest BCUT2D eigenvalue weighted by atomic mass is 10.2. The second kappa shape index (κ2) is 6.19. The molecular formula is C12H7Br2N3O4. The van der Waals surface area contributed by atoms with Crippen LogP contribution < -0.4 is 5.32 Å². The molecule has 2 aromatic rings. The van der Waals surface area contributed by atoms with Gasteiger partial charge < -0.3 is 10.4 Å². The molecular weight excluding hydrogens is 410 g/mol. The summed E-state index contributed by atoms with van der Waals surface area (Å²) in [5, 5.41) is 22.8. The number of anilines is 2. The van der Waals surface area contributed by atoms with Gasteiger partial charge >= 0.3 is 11.7 Å². The monoisotopic (exact) mass is 415 g/mol. The van der Waals surface area contributed by atoms with Gasteiger partial charge in [-0.1, -0.05) is 0 Å². The van der Waals surface area contributed by atoms with Crippen LogP contribution in [0.15, 0.2) is 39.4 Å². The maximum absolute atomic E-state index is 11.1. The van der Waals surface area contributed by atoms with E-state index in [1.807, 2.05) is 0 Å². The fourth-order valence-corrected chi connectivity index (χ4v) is 2.30. The van der Waals surface area contributed by atoms with E-state index in [1.54, 1.807) is 6.07 Å². The SMILES string of the molecule is O=C(O)c1cc(Nc2ncc(Br)cc2[N+](=O)[O-])ccc1Br. The predicted molar refractivity (Wildman–Crippen MR) is 83.0 cm³/mol. The molecule has 1 heterocycles. The molecule has 2 rings (SSSR count). The van der Waals surface area contributed by atoms with Crippen LogP contribution in [0.4, 0.5) is 17.2 Å². The molecule has 108 valence electrons. The van der Waals surface area contributed by atoms with Gasteiger partial charge in [-0.2, -0.15) is 0 Å². The first-order chi connectivity index (χ1) is 9.88. The zero-order valence-electron chi connectivity index (χ0n) is 10.2. The van der Waals surface area contributed by atoms with Gasteiger partial charge in [0, 0.05) is 26.9 Å². The van der Waals surface area contributed by atoms with Gasteiger partial charge in [-0.15, -0.1) is 0 Å². The molecule has 0 spiro atoms. The normalized spacial score (nSPS) is 10.2. The third-order valence-corrected chi connectivity index (χ3v) is 3.62. The maximum Gasteiger partial charge on any atom is 0.336 e. The maximum atomic E-state index is 11.1. The Labute approximate surface area is 135 Å². The second-order valence-electron chi connectivity index (χ2n) is 3.90. The van der Waals surface area contributed by atoms with Crippen LogP contribution in [0.2, 0.25) is 0 Å². The third kappa shape index (κ3) is 3.56. The molecule has 0 saturated heterocycles. The van der Waals surface area contributed by atoms with Gasteiger partial charge in [-0.05, 0) is 50.1 Å². The molecule has 1 aromatic heterocycles. The average molecular weight is 417 g/mol. The Hall–Kier alpha value is -2.00. The Morgan fingerprint density at radius 3 is 2.67 bits per heavy atom. The first-order valence-electron chi connectivity index (χ1n) is 5.48. The van der Waals surface area contributed by atoms with E-state index in [1.165, 1.54) is 24.4 Å². The highest BCUT2D eigenvalue weighted by atomic mass is 79.9. The van der Waals surface area contributed by atoms with Crippen molar-refractivity contribution in [2.45, 2.75) is 0 Å². The Morgan fingerprint density at radius 2 is 2.05 bits per heavy atom. The van der Waals surface area contributed by atoms with Crippen molar-refractivity contribution in [3.05, 3.63) is 55.1 Å². The topological polar surface area (TPSA) is 105 Å². The van der Waals surface area contributed by atoms with Gasteiger partial charge in [0.1, 0.15) is 0 Å². The van der Waals surface area contributed by atoms with Crippen molar-refractivity contribution in [1.29, 1.82) is 0 Å². The summed E-state index contributed by atoms with van der Waals surface area (Å²) in [4.78, 5) is 25.4. The van der Waals surface area contributed by atoms with E-state index < -0.39 is 10.9 Å². The van der Waals surface area contributed by atoms with Gasteiger partial charge in [0.15, 0.2) is 0 Å². The molecule has 0 atom stereocenters. The zero-order chi connectivity index (χ0) is 15.6. The van der Waals surface area contributed by atoms with Gasteiger partial charge in [0.25, 0.3) is 0 Å². The molecule has 0 fully saturated rings. The minimum absolute atomic E-state index is 0.0295. The summed E-state index contributed by atoms with van der Waals surface area (Å²) in [6.45, 7) is 0. The summed E-state index contributed by atoms with van der Waals surface area (Å²) >= 11 is 6.24. The summed E-state index contributed by atoms with van der Waals surface area (Å²) in [7, 11) is 0. The number of halogens is 2. The van der Waals surface area contributed by atoms with E-state index in [0.29, 0.717) is 14.6 Å². The summed E-state index contributed by atoms with van der Waals surface area (Å²) in [6.07, 6.45) is 1.41. The van der Waals surface area contributed by atoms with Gasteiger partial charge in [0.2, 0.25) is 5.82 Å². The number of nitrogens with zero attached hydrogens (tertiary/aromatic N) is 2. The molecule has 0 unspecified atom stereocenters. The molecule has 0 bridgehead atoms. The predicted octanol–water partition coefficient (Wildman–Crippen LogP) is 3.96. The summed E-state index contributed by atoms with van der Waals surface area (Å²) in [5.41, 5.74) is 0.206. The molecule has 1 aromatic carbocycles. The van der Waals surface area contributed by atoms with Crippen LogP contribution in [0.1, 0.15) is 10.4 Å². The van der Waals surface area contributed by atoms with Crippen LogP contribution >= 0.6 is 31.9 Å². The number of hydrogen-bond donors (Lipinski definition) is 2. The van der Waals surface area contributed by atoms with Crippen LogP contribution in [0.3, 0.4) is 0 Å². The van der Waals surface area contributed by atoms with E-state index in [0.717, 1.165) is 0 Å². The fourth-order valence-electron chi connectivity index (χ4n) is 1.57. The molecule has 21 heavy (non-hydrogen) atoms. The molecule has 0 aliphatic heterocycles. The molecule has 0 aliphatic rings. The smallest absolute Gasteiger partial charge is 0.336 e. The van der Waals surface area contributed by atoms with Crippen LogP contribution in [-0.4, -0.2) is 21.0 Å². The van der Waals surface area contributed by atoms with Gasteiger partial charge in [-0.3, -0.25) is 10.1 Å². The number of carbonyl (C=O) groups is 1. The second-order valence-corrected chi connectivity index (χ2v) is 5.67. The Bertz CT molecular complexity index is 736. The summed E-state index contributed by atoms with van der Waals surface area (Å²) in [5.74, 6) is -1.08.